The lowest BCUT2D eigenvalue weighted by atomic mass is 10.2. The van der Waals surface area contributed by atoms with Crippen molar-refractivity contribution in [1.82, 2.24) is 9.88 Å². The normalized spacial score (nSPS) is 16.1. The number of carboxylic acids is 1. The first kappa shape index (κ1) is 14.3. The zero-order valence-electron chi connectivity index (χ0n) is 11.3. The number of nitrogens with zero attached hydrogens (tertiary/aromatic N) is 2. The summed E-state index contributed by atoms with van der Waals surface area (Å²) in [7, 11) is 2.18. The van der Waals surface area contributed by atoms with Crippen LogP contribution in [0.1, 0.15) is 31.4 Å². The predicted octanol–water partition coefficient (Wildman–Crippen LogP) is 2.06. The van der Waals surface area contributed by atoms with E-state index in [1.54, 1.807) is 5.38 Å². The number of rotatable bonds is 7. The molecule has 1 aliphatic rings. The quantitative estimate of drug-likeness (QED) is 0.802. The molecule has 106 valence electrons. The molecular formula is C13H21N3O2S. The van der Waals surface area contributed by atoms with Crippen molar-refractivity contribution < 1.29 is 9.90 Å². The van der Waals surface area contributed by atoms with Gasteiger partial charge in [0.05, 0.1) is 12.1 Å². The summed E-state index contributed by atoms with van der Waals surface area (Å²) in [5.74, 6) is -0.835. The highest BCUT2D eigenvalue weighted by Crippen LogP contribution is 2.22. The first-order chi connectivity index (χ1) is 9.15. The Kier molecular flexibility index (Phi) is 5.15. The van der Waals surface area contributed by atoms with Gasteiger partial charge < -0.3 is 15.3 Å². The van der Waals surface area contributed by atoms with Gasteiger partial charge in [0.15, 0.2) is 5.13 Å². The first-order valence-electron chi connectivity index (χ1n) is 6.75. The number of carboxylic acid groups (broad SMARTS) is 1. The minimum Gasteiger partial charge on any atom is -0.481 e. The number of likely N-dealkylation sites (N-methyl/N-ethyl adjacent to an activating group) is 1. The van der Waals surface area contributed by atoms with E-state index in [1.165, 1.54) is 37.0 Å². The average Bonchev–Trinajstić information content (AvgIpc) is 2.99. The lowest BCUT2D eigenvalue weighted by Gasteiger charge is -2.23. The molecule has 0 bridgehead atoms. The van der Waals surface area contributed by atoms with Crippen LogP contribution in [-0.2, 0) is 11.2 Å². The molecule has 6 heteroatoms. The Labute approximate surface area is 117 Å². The Bertz CT molecular complexity index is 416. The van der Waals surface area contributed by atoms with Crippen molar-refractivity contribution in [2.24, 2.45) is 0 Å². The van der Waals surface area contributed by atoms with Crippen molar-refractivity contribution >= 4 is 22.4 Å². The molecule has 1 heterocycles. The molecule has 5 nitrogen and oxygen atoms in total. The Morgan fingerprint density at radius 3 is 3.00 bits per heavy atom. The van der Waals surface area contributed by atoms with Crippen LogP contribution in [0.5, 0.6) is 0 Å². The van der Waals surface area contributed by atoms with Gasteiger partial charge in [-0.25, -0.2) is 4.98 Å². The predicted molar refractivity (Wildman–Crippen MR) is 76.8 cm³/mol. The van der Waals surface area contributed by atoms with Crippen LogP contribution in [0.25, 0.3) is 0 Å². The molecule has 0 atom stereocenters. The molecule has 1 aromatic rings. The number of aromatic nitrogens is 1. The second kappa shape index (κ2) is 6.86. The maximum absolute atomic E-state index is 10.6. The molecule has 19 heavy (non-hydrogen) atoms. The zero-order valence-corrected chi connectivity index (χ0v) is 12.1. The minimum atomic E-state index is -0.835. The van der Waals surface area contributed by atoms with Crippen molar-refractivity contribution in [2.75, 3.05) is 25.5 Å². The standard InChI is InChI=1S/C13H21N3O2S/c1-16(11-4-2-3-5-11)7-6-14-13-15-10(9-19-13)8-12(17)18/h9,11H,2-8H2,1H3,(H,14,15)(H,17,18). The third-order valence-corrected chi connectivity index (χ3v) is 4.42. The molecule has 0 amide bonds. The highest BCUT2D eigenvalue weighted by molar-refractivity contribution is 7.13. The number of hydrogen-bond donors (Lipinski definition) is 2. The van der Waals surface area contributed by atoms with Crippen LogP contribution < -0.4 is 5.32 Å². The van der Waals surface area contributed by atoms with Crippen LogP contribution in [0.3, 0.4) is 0 Å². The van der Waals surface area contributed by atoms with E-state index in [1.807, 2.05) is 0 Å². The van der Waals surface area contributed by atoms with Crippen LogP contribution in [0.2, 0.25) is 0 Å². The Morgan fingerprint density at radius 2 is 2.32 bits per heavy atom. The molecule has 0 aromatic carbocycles. The number of aliphatic carboxylic acids is 1. The number of thiazole rings is 1. The van der Waals surface area contributed by atoms with E-state index in [0.29, 0.717) is 5.69 Å². The highest BCUT2D eigenvalue weighted by atomic mass is 32.1. The Hall–Kier alpha value is -1.14. The van der Waals surface area contributed by atoms with Crippen molar-refractivity contribution in [3.8, 4) is 0 Å². The van der Waals surface area contributed by atoms with Crippen LogP contribution in [0.4, 0.5) is 5.13 Å². The van der Waals surface area contributed by atoms with Gasteiger partial charge in [0.2, 0.25) is 0 Å². The highest BCUT2D eigenvalue weighted by Gasteiger charge is 2.18. The average molecular weight is 283 g/mol. The maximum atomic E-state index is 10.6. The first-order valence-corrected chi connectivity index (χ1v) is 7.63. The van der Waals surface area contributed by atoms with Gasteiger partial charge in [-0.2, -0.15) is 0 Å². The second-order valence-electron chi connectivity index (χ2n) is 5.06. The molecular weight excluding hydrogens is 262 g/mol. The fourth-order valence-electron chi connectivity index (χ4n) is 2.49. The van der Waals surface area contributed by atoms with Crippen LogP contribution in [0.15, 0.2) is 5.38 Å². The minimum absolute atomic E-state index is 0.000156. The van der Waals surface area contributed by atoms with Crippen LogP contribution in [-0.4, -0.2) is 47.1 Å². The molecule has 1 aromatic heterocycles. The molecule has 0 radical (unpaired) electrons. The van der Waals surface area contributed by atoms with Gasteiger partial charge in [-0.15, -0.1) is 11.3 Å². The fraction of sp³-hybridized carbons (Fsp3) is 0.692. The van der Waals surface area contributed by atoms with Gasteiger partial charge in [-0.3, -0.25) is 4.79 Å². The molecule has 1 aliphatic carbocycles. The summed E-state index contributed by atoms with van der Waals surface area (Å²) in [5, 5.41) is 14.6. The van der Waals surface area contributed by atoms with Crippen molar-refractivity contribution in [1.29, 1.82) is 0 Å². The molecule has 0 unspecified atom stereocenters. The van der Waals surface area contributed by atoms with E-state index in [2.05, 4.69) is 22.2 Å². The molecule has 2 N–H and O–H groups in total. The summed E-state index contributed by atoms with van der Waals surface area (Å²) in [4.78, 5) is 17.2. The van der Waals surface area contributed by atoms with Crippen LogP contribution in [0, 0.1) is 0 Å². The second-order valence-corrected chi connectivity index (χ2v) is 5.92. The lowest BCUT2D eigenvalue weighted by molar-refractivity contribution is -0.136. The Balaban J connectivity index is 1.70. The van der Waals surface area contributed by atoms with Gasteiger partial charge in [0.25, 0.3) is 0 Å². The number of anilines is 1. The van der Waals surface area contributed by atoms with Crippen molar-refractivity contribution in [2.45, 2.75) is 38.1 Å². The van der Waals surface area contributed by atoms with E-state index in [9.17, 15) is 4.79 Å². The molecule has 1 saturated carbocycles. The van der Waals surface area contributed by atoms with Crippen molar-refractivity contribution in [3.05, 3.63) is 11.1 Å². The topological polar surface area (TPSA) is 65.5 Å². The van der Waals surface area contributed by atoms with E-state index in [4.69, 9.17) is 5.11 Å². The molecule has 2 rings (SSSR count). The van der Waals surface area contributed by atoms with Crippen LogP contribution >= 0.6 is 11.3 Å². The summed E-state index contributed by atoms with van der Waals surface area (Å²) in [6.45, 7) is 1.85. The van der Waals surface area contributed by atoms with Gasteiger partial charge >= 0.3 is 5.97 Å². The summed E-state index contributed by atoms with van der Waals surface area (Å²) >= 11 is 1.47. The SMILES string of the molecule is CN(CCNc1nc(CC(=O)O)cs1)C1CCCC1. The van der Waals surface area contributed by atoms with Crippen molar-refractivity contribution in [3.63, 3.8) is 0 Å². The largest absolute Gasteiger partial charge is 0.481 e. The molecule has 0 aliphatic heterocycles. The smallest absolute Gasteiger partial charge is 0.309 e. The number of nitrogens with one attached hydrogen (secondary N) is 1. The Morgan fingerprint density at radius 1 is 1.58 bits per heavy atom. The third-order valence-electron chi connectivity index (χ3n) is 3.57. The van der Waals surface area contributed by atoms with Gasteiger partial charge in [-0.1, -0.05) is 12.8 Å². The fourth-order valence-corrected chi connectivity index (χ4v) is 3.23. The summed E-state index contributed by atoms with van der Waals surface area (Å²) in [6, 6.07) is 0.737. The molecule has 1 fully saturated rings. The van der Waals surface area contributed by atoms with E-state index < -0.39 is 5.97 Å². The summed E-state index contributed by atoms with van der Waals surface area (Å²) in [5.41, 5.74) is 0.629. The number of carbonyl (C=O) groups is 1. The monoisotopic (exact) mass is 283 g/mol. The molecule has 0 spiro atoms. The zero-order chi connectivity index (χ0) is 13.7. The van der Waals surface area contributed by atoms with E-state index >= 15 is 0 Å². The lowest BCUT2D eigenvalue weighted by Crippen LogP contribution is -2.33. The number of hydrogen-bond acceptors (Lipinski definition) is 5. The van der Waals surface area contributed by atoms with E-state index in [-0.39, 0.29) is 6.42 Å². The van der Waals surface area contributed by atoms with Gasteiger partial charge in [0, 0.05) is 24.5 Å². The summed E-state index contributed by atoms with van der Waals surface area (Å²) in [6.07, 6.45) is 5.34. The van der Waals surface area contributed by atoms with Gasteiger partial charge in [-0.05, 0) is 19.9 Å². The summed E-state index contributed by atoms with van der Waals surface area (Å²) < 4.78 is 0. The van der Waals surface area contributed by atoms with E-state index in [0.717, 1.165) is 24.3 Å². The maximum Gasteiger partial charge on any atom is 0.309 e. The third kappa shape index (κ3) is 4.47. The van der Waals surface area contributed by atoms with Gasteiger partial charge in [0.1, 0.15) is 0 Å². The molecule has 0 saturated heterocycles.